The van der Waals surface area contributed by atoms with Crippen molar-refractivity contribution in [1.82, 2.24) is 20.1 Å². The van der Waals surface area contributed by atoms with Crippen LogP contribution in [0.15, 0.2) is 30.3 Å². The number of carbonyl (C=O) groups excluding carboxylic acids is 1. The fourth-order valence-electron chi connectivity index (χ4n) is 4.80. The number of halogens is 3. The van der Waals surface area contributed by atoms with Crippen LogP contribution in [0, 0.1) is 11.8 Å². The average molecular weight is 435 g/mol. The summed E-state index contributed by atoms with van der Waals surface area (Å²) in [7, 11) is 0. The maximum atomic E-state index is 13.4. The number of para-hydroxylation sites is 1. The monoisotopic (exact) mass is 434 g/mol. The number of alkyl halides is 3. The summed E-state index contributed by atoms with van der Waals surface area (Å²) in [5, 5.41) is 4.20. The van der Waals surface area contributed by atoms with Crippen LogP contribution in [0.1, 0.15) is 37.9 Å². The third kappa shape index (κ3) is 4.85. The van der Waals surface area contributed by atoms with Gasteiger partial charge in [0.15, 0.2) is 0 Å². The second-order valence-electron chi connectivity index (χ2n) is 9.07. The number of hydrogen-bond acceptors (Lipinski definition) is 4. The topological polar surface area (TPSA) is 48.5 Å². The highest BCUT2D eigenvalue weighted by Crippen LogP contribution is 2.32. The highest BCUT2D eigenvalue weighted by Gasteiger charge is 2.35. The van der Waals surface area contributed by atoms with Gasteiger partial charge in [0, 0.05) is 50.7 Å². The number of nitrogens with zero attached hydrogens (tertiary/aromatic N) is 3. The van der Waals surface area contributed by atoms with Crippen LogP contribution in [0.2, 0.25) is 0 Å². The van der Waals surface area contributed by atoms with Crippen LogP contribution >= 0.6 is 0 Å². The highest BCUT2D eigenvalue weighted by molar-refractivity contribution is 5.82. The maximum absolute atomic E-state index is 13.4. The molecule has 4 rings (SSSR count). The lowest BCUT2D eigenvalue weighted by Gasteiger charge is -2.39. The van der Waals surface area contributed by atoms with Crippen LogP contribution in [0.4, 0.5) is 13.2 Å². The molecule has 0 spiro atoms. The molecule has 1 unspecified atom stereocenters. The number of amides is 1. The van der Waals surface area contributed by atoms with Gasteiger partial charge in [-0.2, -0.15) is 13.2 Å². The molecule has 3 heterocycles. The van der Waals surface area contributed by atoms with E-state index in [-0.39, 0.29) is 11.9 Å². The average Bonchev–Trinajstić information content (AvgIpc) is 2.78. The van der Waals surface area contributed by atoms with E-state index in [9.17, 15) is 18.0 Å². The number of piperidine rings is 1. The lowest BCUT2D eigenvalue weighted by atomic mass is 9.93. The van der Waals surface area contributed by atoms with Crippen LogP contribution in [-0.4, -0.2) is 53.0 Å². The Morgan fingerprint density at radius 1 is 1.23 bits per heavy atom. The van der Waals surface area contributed by atoms with E-state index in [4.69, 9.17) is 0 Å². The first-order valence-electron chi connectivity index (χ1n) is 10.9. The lowest BCUT2D eigenvalue weighted by Crippen LogP contribution is -2.52. The number of hydrogen-bond donors (Lipinski definition) is 1. The number of benzene rings is 1. The molecule has 2 fully saturated rings. The molecule has 0 aliphatic carbocycles. The van der Waals surface area contributed by atoms with Gasteiger partial charge in [0.25, 0.3) is 0 Å². The van der Waals surface area contributed by atoms with Crippen LogP contribution in [0.25, 0.3) is 10.9 Å². The van der Waals surface area contributed by atoms with Crippen molar-refractivity contribution in [3.8, 4) is 0 Å². The first kappa shape index (κ1) is 22.0. The molecule has 1 aromatic carbocycles. The predicted octanol–water partition coefficient (Wildman–Crippen LogP) is 3.88. The van der Waals surface area contributed by atoms with Crippen molar-refractivity contribution in [1.29, 1.82) is 0 Å². The van der Waals surface area contributed by atoms with Gasteiger partial charge in [-0.3, -0.25) is 9.69 Å². The van der Waals surface area contributed by atoms with E-state index in [1.54, 1.807) is 12.1 Å². The molecule has 1 N–H and O–H groups in total. The zero-order valence-corrected chi connectivity index (χ0v) is 18.0. The van der Waals surface area contributed by atoms with E-state index in [1.807, 2.05) is 17.0 Å². The van der Waals surface area contributed by atoms with E-state index >= 15 is 0 Å². The molecule has 2 atom stereocenters. The molecule has 2 aromatic rings. The van der Waals surface area contributed by atoms with Crippen molar-refractivity contribution in [2.75, 3.05) is 26.3 Å². The number of nitrogens with one attached hydrogen (secondary N) is 1. The van der Waals surface area contributed by atoms with Gasteiger partial charge in [0.05, 0.1) is 5.52 Å². The smallest absolute Gasteiger partial charge is 0.338 e. The second kappa shape index (κ2) is 8.74. The predicted molar refractivity (Wildman–Crippen MR) is 113 cm³/mol. The zero-order valence-electron chi connectivity index (χ0n) is 18.0. The standard InChI is InChI=1S/C23H29F3N4O/c1-15(2)20-10-27-14-29(11-16-7-8-22(31)30(20)12-16)13-17-9-21(23(24,25)26)28-19-6-4-3-5-18(17)19/h3-6,9,15-16,20,27H,7-8,10-14H2,1-2H3/t16-,20?/m1/s1. The fraction of sp³-hybridized carbons (Fsp3) is 0.565. The molecule has 31 heavy (non-hydrogen) atoms. The van der Waals surface area contributed by atoms with Crippen molar-refractivity contribution >= 4 is 16.8 Å². The first-order chi connectivity index (χ1) is 14.7. The van der Waals surface area contributed by atoms with Crippen molar-refractivity contribution in [2.24, 2.45) is 11.8 Å². The molecule has 168 valence electrons. The summed E-state index contributed by atoms with van der Waals surface area (Å²) in [6.07, 6.45) is -3.13. The molecular formula is C23H29F3N4O. The molecule has 1 amide bonds. The minimum atomic E-state index is -4.49. The number of fused-ring (bicyclic) bond motifs is 3. The van der Waals surface area contributed by atoms with Crippen LogP contribution < -0.4 is 5.32 Å². The number of aromatic nitrogens is 1. The minimum Gasteiger partial charge on any atom is -0.338 e. The van der Waals surface area contributed by atoms with E-state index in [0.29, 0.717) is 55.6 Å². The zero-order chi connectivity index (χ0) is 22.2. The van der Waals surface area contributed by atoms with Crippen molar-refractivity contribution in [2.45, 2.75) is 45.5 Å². The third-order valence-corrected chi connectivity index (χ3v) is 6.40. The van der Waals surface area contributed by atoms with Gasteiger partial charge < -0.3 is 10.2 Å². The van der Waals surface area contributed by atoms with Gasteiger partial charge in [-0.05, 0) is 36.0 Å². The largest absolute Gasteiger partial charge is 0.433 e. The summed E-state index contributed by atoms with van der Waals surface area (Å²) < 4.78 is 40.3. The van der Waals surface area contributed by atoms with Gasteiger partial charge in [-0.25, -0.2) is 4.98 Å². The van der Waals surface area contributed by atoms with E-state index < -0.39 is 11.9 Å². The Labute approximate surface area is 180 Å². The van der Waals surface area contributed by atoms with Crippen molar-refractivity contribution < 1.29 is 18.0 Å². The lowest BCUT2D eigenvalue weighted by molar-refractivity contribution is -0.141. The summed E-state index contributed by atoms with van der Waals surface area (Å²) in [4.78, 5) is 20.5. The Hall–Kier alpha value is -2.19. The van der Waals surface area contributed by atoms with E-state index in [1.165, 1.54) is 6.07 Å². The molecule has 5 nitrogen and oxygen atoms in total. The maximum Gasteiger partial charge on any atom is 0.433 e. The molecular weight excluding hydrogens is 405 g/mol. The molecule has 0 saturated carbocycles. The Morgan fingerprint density at radius 3 is 2.74 bits per heavy atom. The molecule has 2 aliphatic heterocycles. The quantitative estimate of drug-likeness (QED) is 0.797. The molecule has 1 aromatic heterocycles. The summed E-state index contributed by atoms with van der Waals surface area (Å²) in [5.74, 6) is 0.856. The summed E-state index contributed by atoms with van der Waals surface area (Å²) in [5.41, 5.74) is 0.134. The first-order valence-corrected chi connectivity index (χ1v) is 10.9. The third-order valence-electron chi connectivity index (χ3n) is 6.40. The Bertz CT molecular complexity index is 946. The summed E-state index contributed by atoms with van der Waals surface area (Å²) in [6, 6.07) is 8.31. The minimum absolute atomic E-state index is 0.133. The molecule has 8 heteroatoms. The van der Waals surface area contributed by atoms with Gasteiger partial charge in [-0.1, -0.05) is 32.0 Å². The SMILES string of the molecule is CC(C)C1CNCN(Cc2cc(C(F)(F)F)nc3ccccc23)C[C@H]2CCC(=O)N1C2. The normalized spacial score (nSPS) is 23.7. The Morgan fingerprint density at radius 2 is 2.00 bits per heavy atom. The number of pyridine rings is 1. The Balaban J connectivity index is 1.62. The molecule has 0 radical (unpaired) electrons. The Kier molecular flexibility index (Phi) is 6.21. The highest BCUT2D eigenvalue weighted by atomic mass is 19.4. The number of carbonyl (C=O) groups is 1. The van der Waals surface area contributed by atoms with Gasteiger partial charge in [-0.15, -0.1) is 0 Å². The summed E-state index contributed by atoms with van der Waals surface area (Å²) in [6.45, 7) is 7.35. The van der Waals surface area contributed by atoms with Crippen LogP contribution in [0.5, 0.6) is 0 Å². The van der Waals surface area contributed by atoms with Gasteiger partial charge >= 0.3 is 6.18 Å². The van der Waals surface area contributed by atoms with Gasteiger partial charge in [0.1, 0.15) is 5.69 Å². The molecule has 2 bridgehead atoms. The molecule has 2 aliphatic rings. The van der Waals surface area contributed by atoms with E-state index in [2.05, 4.69) is 29.0 Å². The van der Waals surface area contributed by atoms with Gasteiger partial charge in [0.2, 0.25) is 5.91 Å². The van der Waals surface area contributed by atoms with E-state index in [0.717, 1.165) is 18.4 Å². The van der Waals surface area contributed by atoms with Crippen molar-refractivity contribution in [3.63, 3.8) is 0 Å². The van der Waals surface area contributed by atoms with Crippen LogP contribution in [-0.2, 0) is 17.5 Å². The number of rotatable bonds is 3. The second-order valence-corrected chi connectivity index (χ2v) is 9.07. The molecule has 2 saturated heterocycles. The van der Waals surface area contributed by atoms with Crippen molar-refractivity contribution in [3.05, 3.63) is 41.6 Å². The fourth-order valence-corrected chi connectivity index (χ4v) is 4.80. The van der Waals surface area contributed by atoms with Crippen LogP contribution in [0.3, 0.4) is 0 Å². The summed E-state index contributed by atoms with van der Waals surface area (Å²) >= 11 is 0.